The zero-order valence-electron chi connectivity index (χ0n) is 24.8. The molecule has 0 atom stereocenters. The normalized spacial score (nSPS) is 21.5. The second kappa shape index (κ2) is 10.2. The summed E-state index contributed by atoms with van der Waals surface area (Å²) in [6.07, 6.45) is 11.8. The summed E-state index contributed by atoms with van der Waals surface area (Å²) in [6.45, 7) is 0. The summed E-state index contributed by atoms with van der Waals surface area (Å²) in [7, 11) is -0.435. The van der Waals surface area contributed by atoms with Crippen molar-refractivity contribution >= 4 is 58.3 Å². The van der Waals surface area contributed by atoms with Crippen LogP contribution in [0.3, 0.4) is 0 Å². The Hall–Kier alpha value is -4.19. The van der Waals surface area contributed by atoms with Gasteiger partial charge in [0.25, 0.3) is 0 Å². The summed E-state index contributed by atoms with van der Waals surface area (Å²) in [5.41, 5.74) is 2.32. The van der Waals surface area contributed by atoms with Crippen LogP contribution in [0.1, 0.15) is 69.8 Å². The van der Waals surface area contributed by atoms with Crippen LogP contribution in [-0.4, -0.2) is 25.0 Å². The fourth-order valence-electron chi connectivity index (χ4n) is 8.33. The van der Waals surface area contributed by atoms with Gasteiger partial charge in [0.15, 0.2) is 0 Å². The van der Waals surface area contributed by atoms with Crippen LogP contribution in [0.25, 0.3) is 32.7 Å². The van der Waals surface area contributed by atoms with Crippen molar-refractivity contribution in [3.63, 3.8) is 0 Å². The minimum Gasteiger partial charge on any atom is -0.541 e. The maximum Gasteiger partial charge on any atom is 0.505 e. The van der Waals surface area contributed by atoms with Gasteiger partial charge in [0, 0.05) is 38.9 Å². The van der Waals surface area contributed by atoms with E-state index in [1.807, 2.05) is 54.6 Å². The number of aliphatic hydroxyl groups is 1. The van der Waals surface area contributed by atoms with Crippen molar-refractivity contribution in [3.05, 3.63) is 82.6 Å². The minimum atomic E-state index is -0.278. The molecule has 9 rings (SSSR count). The maximum atomic E-state index is 14.2. The first kappa shape index (κ1) is 26.2. The van der Waals surface area contributed by atoms with Gasteiger partial charge in [-0.1, -0.05) is 113 Å². The number of carbonyl (C=O) groups excluding carboxylic acids is 1. The van der Waals surface area contributed by atoms with Crippen LogP contribution in [0.15, 0.2) is 71.3 Å². The Labute approximate surface area is 257 Å². The fraction of sp³-hybridized carbons (Fsp3) is 0.333. The number of hydrogen-bond donors (Lipinski definition) is 2. The van der Waals surface area contributed by atoms with Gasteiger partial charge in [-0.25, -0.2) is 0 Å². The second-order valence-corrected chi connectivity index (χ2v) is 13.2. The Morgan fingerprint density at radius 1 is 0.727 bits per heavy atom. The summed E-state index contributed by atoms with van der Waals surface area (Å²) >= 11 is 0. The fourth-order valence-corrected chi connectivity index (χ4v) is 8.33. The van der Waals surface area contributed by atoms with Crippen LogP contribution in [0.4, 0.5) is 5.69 Å². The summed E-state index contributed by atoms with van der Waals surface area (Å²) in [6, 6.07) is 20.1. The standard InChI is InChI=1S/C36H34B2N2O4/c41-35-31(25-19-17-21-9-7-15-27-29(21)33(25)39-37(43-27)23-11-3-1-4-12-23)36(42)32(35)26-20-18-22-10-8-16-28-30(22)34(26)40-38(44-28)24-13-5-2-6-14-24/h7-10,15-20,23-24,39,41H,1-6,11-14H2. The second-order valence-electron chi connectivity index (χ2n) is 13.2. The molecule has 0 amide bonds. The van der Waals surface area contributed by atoms with E-state index >= 15 is 0 Å². The van der Waals surface area contributed by atoms with Gasteiger partial charge in [0.05, 0.1) is 16.5 Å². The molecule has 2 aliphatic heterocycles. The molecular formula is C36H34B2N2O4. The Morgan fingerprint density at radius 2 is 1.39 bits per heavy atom. The molecule has 0 saturated heterocycles. The highest BCUT2D eigenvalue weighted by molar-refractivity contribution is 6.61. The quantitative estimate of drug-likeness (QED) is 0.252. The van der Waals surface area contributed by atoms with Crippen LogP contribution in [0, 0.1) is 0 Å². The molecule has 0 aromatic heterocycles. The Morgan fingerprint density at radius 3 is 2.11 bits per heavy atom. The van der Waals surface area contributed by atoms with Crippen LogP contribution in [-0.2, 0) is 4.79 Å². The summed E-state index contributed by atoms with van der Waals surface area (Å²) in [5, 5.41) is 20.8. The van der Waals surface area contributed by atoms with Crippen molar-refractivity contribution in [3.8, 4) is 11.5 Å². The highest BCUT2D eigenvalue weighted by atomic mass is 16.4. The number of hydrogen-bond acceptors (Lipinski definition) is 6. The summed E-state index contributed by atoms with van der Waals surface area (Å²) < 4.78 is 13.0. The minimum absolute atomic E-state index is 0.0366. The molecule has 2 fully saturated rings. The Bertz CT molecular complexity index is 2030. The number of allylic oxidation sites excluding steroid dienone is 2. The van der Waals surface area contributed by atoms with Crippen LogP contribution in [0.5, 0.6) is 11.5 Å². The Kier molecular flexibility index (Phi) is 6.07. The molecule has 6 nitrogen and oxygen atoms in total. The first-order valence-corrected chi connectivity index (χ1v) is 16.4. The van der Waals surface area contributed by atoms with E-state index in [1.165, 1.54) is 38.5 Å². The van der Waals surface area contributed by atoms with Gasteiger partial charge in [0.1, 0.15) is 17.3 Å². The van der Waals surface area contributed by atoms with Gasteiger partial charge in [-0.15, -0.1) is 0 Å². The van der Waals surface area contributed by atoms with Crippen LogP contribution >= 0.6 is 0 Å². The highest BCUT2D eigenvalue weighted by Gasteiger charge is 2.42. The molecule has 0 radical (unpaired) electrons. The van der Waals surface area contributed by atoms with Gasteiger partial charge >= 0.3 is 14.1 Å². The first-order valence-electron chi connectivity index (χ1n) is 16.4. The number of benzene rings is 4. The van der Waals surface area contributed by atoms with Gasteiger partial charge in [0.2, 0.25) is 5.78 Å². The summed E-state index contributed by atoms with van der Waals surface area (Å²) in [5.74, 6) is 2.29. The van der Waals surface area contributed by atoms with E-state index in [4.69, 9.17) is 14.2 Å². The average molecular weight is 580 g/mol. The summed E-state index contributed by atoms with van der Waals surface area (Å²) in [4.78, 5) is 19.3. The molecule has 2 N–H and O–H groups in total. The highest BCUT2D eigenvalue weighted by Crippen LogP contribution is 2.47. The number of nitrogens with zero attached hydrogens (tertiary/aromatic N) is 1. The lowest BCUT2D eigenvalue weighted by atomic mass is 9.59. The van der Waals surface area contributed by atoms with E-state index in [1.54, 1.807) is 0 Å². The first-order chi connectivity index (χ1) is 21.7. The molecule has 2 saturated carbocycles. The Balaban J connectivity index is 1.21. The third-order valence-corrected chi connectivity index (χ3v) is 10.6. The molecule has 218 valence electrons. The number of rotatable bonds is 3. The van der Waals surface area contributed by atoms with Gasteiger partial charge in [-0.3, -0.25) is 9.70 Å². The predicted molar refractivity (Wildman–Crippen MR) is 177 cm³/mol. The molecule has 5 aliphatic rings. The number of nitrogens with one attached hydrogen (secondary N) is 1. The molecule has 0 unspecified atom stereocenters. The smallest absolute Gasteiger partial charge is 0.505 e. The van der Waals surface area contributed by atoms with Crippen LogP contribution in [0.2, 0.25) is 11.6 Å². The van der Waals surface area contributed by atoms with E-state index in [-0.39, 0.29) is 25.6 Å². The van der Waals surface area contributed by atoms with Crippen molar-refractivity contribution in [2.75, 3.05) is 5.23 Å². The zero-order chi connectivity index (χ0) is 29.4. The molecule has 2 heterocycles. The monoisotopic (exact) mass is 580 g/mol. The third kappa shape index (κ3) is 3.96. The molecule has 4 aromatic rings. The lowest BCUT2D eigenvalue weighted by molar-refractivity contribution is -0.109. The van der Waals surface area contributed by atoms with Crippen molar-refractivity contribution < 1.29 is 19.2 Å². The molecule has 0 bridgehead atoms. The SMILES string of the molecule is O=C1C(c2ccc3cccc4c3c2NB(C2CCCCC2)O4)=C(O)C1=c1ccc2cccc3c2c1=NB(C1CCCCC1)O3. The van der Waals surface area contributed by atoms with E-state index in [0.717, 1.165) is 75.3 Å². The molecule has 8 heteroatoms. The van der Waals surface area contributed by atoms with Crippen molar-refractivity contribution in [2.45, 2.75) is 75.8 Å². The molecule has 3 aliphatic carbocycles. The van der Waals surface area contributed by atoms with Crippen molar-refractivity contribution in [2.24, 2.45) is 4.90 Å². The van der Waals surface area contributed by atoms with Gasteiger partial charge in [-0.2, -0.15) is 0 Å². The predicted octanol–water partition coefficient (Wildman–Crippen LogP) is 7.16. The number of Topliss-reactive ketones (excluding diaryl/α,β-unsaturated/α-hetero) is 1. The third-order valence-electron chi connectivity index (χ3n) is 10.6. The molecular weight excluding hydrogens is 546 g/mol. The van der Waals surface area contributed by atoms with E-state index in [0.29, 0.717) is 28.0 Å². The molecule has 4 aromatic carbocycles. The van der Waals surface area contributed by atoms with E-state index < -0.39 is 0 Å². The van der Waals surface area contributed by atoms with Gasteiger partial charge in [-0.05, 0) is 22.9 Å². The van der Waals surface area contributed by atoms with E-state index in [2.05, 4.69) is 11.3 Å². The average Bonchev–Trinajstić information content (AvgIpc) is 3.08. The number of aliphatic hydroxyl groups excluding tert-OH is 1. The van der Waals surface area contributed by atoms with Gasteiger partial charge < -0.3 is 19.6 Å². The van der Waals surface area contributed by atoms with Crippen molar-refractivity contribution in [1.82, 2.24) is 0 Å². The number of ketones is 1. The lowest BCUT2D eigenvalue weighted by Crippen LogP contribution is -2.42. The lowest BCUT2D eigenvalue weighted by Gasteiger charge is -2.34. The zero-order valence-corrected chi connectivity index (χ0v) is 24.8. The van der Waals surface area contributed by atoms with Crippen molar-refractivity contribution in [1.29, 1.82) is 0 Å². The van der Waals surface area contributed by atoms with E-state index in [9.17, 15) is 9.90 Å². The van der Waals surface area contributed by atoms with Crippen LogP contribution < -0.4 is 25.1 Å². The number of carbonyl (C=O) groups is 1. The molecule has 44 heavy (non-hydrogen) atoms. The topological polar surface area (TPSA) is 80.2 Å². The maximum absolute atomic E-state index is 14.2. The largest absolute Gasteiger partial charge is 0.541 e. The molecule has 0 spiro atoms. The number of anilines is 1.